The molecule has 0 saturated heterocycles. The van der Waals surface area contributed by atoms with Crippen LogP contribution < -0.4 is 10.2 Å². The Morgan fingerprint density at radius 3 is 2.61 bits per heavy atom. The van der Waals surface area contributed by atoms with Gasteiger partial charge in [0.1, 0.15) is 18.9 Å². The number of halogens is 1. The average Bonchev–Trinajstić information content (AvgIpc) is 3.28. The molecule has 1 N–H and O–H groups in total. The van der Waals surface area contributed by atoms with Crippen molar-refractivity contribution in [3.05, 3.63) is 82.3 Å². The van der Waals surface area contributed by atoms with Crippen molar-refractivity contribution in [3.8, 4) is 0 Å². The number of nitrogens with one attached hydrogen (secondary N) is 1. The molecule has 1 unspecified atom stereocenters. The molecule has 33 heavy (non-hydrogen) atoms. The Morgan fingerprint density at radius 1 is 1.15 bits per heavy atom. The molecule has 0 saturated carbocycles. The Kier molecular flexibility index (Phi) is 6.46. The van der Waals surface area contributed by atoms with Crippen LogP contribution in [-0.4, -0.2) is 39.8 Å². The van der Waals surface area contributed by atoms with Crippen LogP contribution in [-0.2, 0) is 14.3 Å². The fraction of sp³-hybridized carbons (Fsp3) is 0.250. The lowest BCUT2D eigenvalue weighted by Crippen LogP contribution is -2.40. The molecule has 1 aliphatic rings. The van der Waals surface area contributed by atoms with Crippen LogP contribution in [0, 0.1) is 6.92 Å². The Balaban J connectivity index is 1.70. The standard InChI is InChI=1S/C24H24ClN5O3/c1-4-33-23(32)21-16(3)29(13-20(31)28-18-11-10-15(2)19(25)12-18)24-26-14-27-30(24)22(21)17-8-6-5-7-9-17/h5-12,14,22H,4,13H2,1-3H3,(H,28,31). The van der Waals surface area contributed by atoms with Gasteiger partial charge in [-0.25, -0.2) is 9.48 Å². The summed E-state index contributed by atoms with van der Waals surface area (Å²) in [7, 11) is 0. The van der Waals surface area contributed by atoms with Crippen LogP contribution in [0.1, 0.15) is 31.0 Å². The zero-order valence-electron chi connectivity index (χ0n) is 18.6. The summed E-state index contributed by atoms with van der Waals surface area (Å²) < 4.78 is 7.01. The normalized spacial score (nSPS) is 15.3. The van der Waals surface area contributed by atoms with E-state index in [2.05, 4.69) is 15.4 Å². The smallest absolute Gasteiger partial charge is 0.338 e. The van der Waals surface area contributed by atoms with Crippen molar-refractivity contribution in [1.29, 1.82) is 0 Å². The Morgan fingerprint density at radius 2 is 1.91 bits per heavy atom. The number of rotatable bonds is 6. The number of fused-ring (bicyclic) bond motifs is 1. The number of hydrogen-bond acceptors (Lipinski definition) is 6. The number of hydrogen-bond donors (Lipinski definition) is 1. The predicted octanol–water partition coefficient (Wildman–Crippen LogP) is 4.13. The van der Waals surface area contributed by atoms with Crippen molar-refractivity contribution >= 4 is 35.1 Å². The topological polar surface area (TPSA) is 89.3 Å². The molecule has 9 heteroatoms. The molecule has 0 bridgehead atoms. The van der Waals surface area contributed by atoms with E-state index < -0.39 is 12.0 Å². The Labute approximate surface area is 196 Å². The number of allylic oxidation sites excluding steroid dienone is 1. The Bertz CT molecular complexity index is 1220. The number of nitrogens with zero attached hydrogens (tertiary/aromatic N) is 4. The lowest BCUT2D eigenvalue weighted by atomic mass is 9.95. The lowest BCUT2D eigenvalue weighted by molar-refractivity contribution is -0.139. The quantitative estimate of drug-likeness (QED) is 0.551. The molecule has 0 radical (unpaired) electrons. The average molecular weight is 466 g/mol. The van der Waals surface area contributed by atoms with Gasteiger partial charge >= 0.3 is 5.97 Å². The molecule has 8 nitrogen and oxygen atoms in total. The van der Waals surface area contributed by atoms with Crippen molar-refractivity contribution < 1.29 is 14.3 Å². The summed E-state index contributed by atoms with van der Waals surface area (Å²) in [4.78, 5) is 32.0. The number of esters is 1. The number of amides is 1. The van der Waals surface area contributed by atoms with E-state index >= 15 is 0 Å². The molecule has 170 valence electrons. The maximum absolute atomic E-state index is 13.0. The van der Waals surface area contributed by atoms with E-state index in [1.165, 1.54) is 6.33 Å². The van der Waals surface area contributed by atoms with Crippen LogP contribution in [0.5, 0.6) is 0 Å². The minimum Gasteiger partial charge on any atom is -0.463 e. The van der Waals surface area contributed by atoms with Gasteiger partial charge in [0.15, 0.2) is 0 Å². The third kappa shape index (κ3) is 4.47. The largest absolute Gasteiger partial charge is 0.463 e. The van der Waals surface area contributed by atoms with E-state index in [0.29, 0.717) is 27.9 Å². The number of carbonyl (C=O) groups is 2. The molecular formula is C24H24ClN5O3. The fourth-order valence-corrected chi connectivity index (χ4v) is 4.03. The minimum atomic E-state index is -0.516. The molecule has 1 aromatic heterocycles. The number of aryl methyl sites for hydroxylation is 1. The highest BCUT2D eigenvalue weighted by atomic mass is 35.5. The van der Waals surface area contributed by atoms with Crippen LogP contribution in [0.15, 0.2) is 66.1 Å². The third-order valence-electron chi connectivity index (χ3n) is 5.48. The molecule has 0 fully saturated rings. The van der Waals surface area contributed by atoms with Crippen LogP contribution in [0.25, 0.3) is 0 Å². The van der Waals surface area contributed by atoms with Crippen molar-refractivity contribution in [3.63, 3.8) is 0 Å². The van der Waals surface area contributed by atoms with Gasteiger partial charge in [0.25, 0.3) is 0 Å². The lowest BCUT2D eigenvalue weighted by Gasteiger charge is -2.35. The summed E-state index contributed by atoms with van der Waals surface area (Å²) in [5.74, 6) is -0.280. The van der Waals surface area contributed by atoms with Gasteiger partial charge in [0, 0.05) is 16.4 Å². The Hall–Kier alpha value is -3.65. The highest BCUT2D eigenvalue weighted by Crippen LogP contribution is 2.38. The van der Waals surface area contributed by atoms with Gasteiger partial charge in [-0.2, -0.15) is 10.1 Å². The van der Waals surface area contributed by atoms with Crippen LogP contribution in [0.2, 0.25) is 5.02 Å². The minimum absolute atomic E-state index is 0.0690. The summed E-state index contributed by atoms with van der Waals surface area (Å²) >= 11 is 6.18. The van der Waals surface area contributed by atoms with E-state index in [0.717, 1.165) is 11.1 Å². The highest BCUT2D eigenvalue weighted by molar-refractivity contribution is 6.31. The number of carbonyl (C=O) groups excluding carboxylic acids is 2. The number of aromatic nitrogens is 3. The first kappa shape index (κ1) is 22.5. The molecule has 1 aliphatic heterocycles. The number of benzene rings is 2. The molecule has 1 atom stereocenters. The number of anilines is 2. The molecular weight excluding hydrogens is 442 g/mol. The fourth-order valence-electron chi connectivity index (χ4n) is 3.85. The van der Waals surface area contributed by atoms with Gasteiger partial charge < -0.3 is 15.0 Å². The van der Waals surface area contributed by atoms with E-state index in [1.54, 1.807) is 35.6 Å². The van der Waals surface area contributed by atoms with Gasteiger partial charge in [-0.05, 0) is 44.0 Å². The van der Waals surface area contributed by atoms with Gasteiger partial charge in [0.2, 0.25) is 11.9 Å². The molecule has 3 aromatic rings. The van der Waals surface area contributed by atoms with E-state index in [9.17, 15) is 9.59 Å². The number of ether oxygens (including phenoxy) is 1. The van der Waals surface area contributed by atoms with Crippen molar-refractivity contribution in [1.82, 2.24) is 14.8 Å². The van der Waals surface area contributed by atoms with Crippen molar-refractivity contribution in [2.45, 2.75) is 26.8 Å². The zero-order valence-corrected chi connectivity index (χ0v) is 19.3. The second-order valence-electron chi connectivity index (χ2n) is 7.64. The molecule has 0 spiro atoms. The molecule has 2 heterocycles. The molecule has 2 aromatic carbocycles. The zero-order chi connectivity index (χ0) is 23.5. The first-order valence-corrected chi connectivity index (χ1v) is 10.9. The van der Waals surface area contributed by atoms with E-state index in [4.69, 9.17) is 16.3 Å². The molecule has 0 aliphatic carbocycles. The SMILES string of the molecule is CCOC(=O)C1=C(C)N(CC(=O)Nc2ccc(C)c(Cl)c2)c2ncnn2C1c1ccccc1. The molecule has 1 amide bonds. The summed E-state index contributed by atoms with van der Waals surface area (Å²) in [6.45, 7) is 5.60. The maximum atomic E-state index is 13.0. The summed E-state index contributed by atoms with van der Waals surface area (Å²) in [5.41, 5.74) is 3.37. The summed E-state index contributed by atoms with van der Waals surface area (Å²) in [6, 6.07) is 14.4. The van der Waals surface area contributed by atoms with Gasteiger partial charge in [-0.1, -0.05) is 48.0 Å². The van der Waals surface area contributed by atoms with Crippen LogP contribution in [0.3, 0.4) is 0 Å². The first-order chi connectivity index (χ1) is 15.9. The second-order valence-corrected chi connectivity index (χ2v) is 8.04. The maximum Gasteiger partial charge on any atom is 0.338 e. The van der Waals surface area contributed by atoms with Gasteiger partial charge in [-0.15, -0.1) is 0 Å². The van der Waals surface area contributed by atoms with E-state index in [-0.39, 0.29) is 19.1 Å². The summed E-state index contributed by atoms with van der Waals surface area (Å²) in [6.07, 6.45) is 1.41. The van der Waals surface area contributed by atoms with Crippen LogP contribution >= 0.6 is 11.6 Å². The monoisotopic (exact) mass is 465 g/mol. The van der Waals surface area contributed by atoms with Crippen LogP contribution in [0.4, 0.5) is 11.6 Å². The summed E-state index contributed by atoms with van der Waals surface area (Å²) in [5, 5.41) is 7.80. The van der Waals surface area contributed by atoms with Gasteiger partial charge in [0.05, 0.1) is 12.2 Å². The predicted molar refractivity (Wildman–Crippen MR) is 126 cm³/mol. The van der Waals surface area contributed by atoms with Crippen molar-refractivity contribution in [2.24, 2.45) is 0 Å². The molecule has 4 rings (SSSR count). The third-order valence-corrected chi connectivity index (χ3v) is 5.88. The first-order valence-electron chi connectivity index (χ1n) is 10.6. The van der Waals surface area contributed by atoms with E-state index in [1.807, 2.05) is 43.3 Å². The van der Waals surface area contributed by atoms with Gasteiger partial charge in [-0.3, -0.25) is 4.79 Å². The van der Waals surface area contributed by atoms with Crippen molar-refractivity contribution in [2.75, 3.05) is 23.4 Å². The highest BCUT2D eigenvalue weighted by Gasteiger charge is 2.38. The second kappa shape index (κ2) is 9.46.